The largest absolute Gasteiger partial charge is 0.381 e. The van der Waals surface area contributed by atoms with E-state index in [9.17, 15) is 14.4 Å². The number of imide groups is 2. The number of thioether (sulfide) groups is 3. The highest BCUT2D eigenvalue weighted by molar-refractivity contribution is 8.04. The zero-order chi connectivity index (χ0) is 20.5. The maximum Gasteiger partial charge on any atom is 0.328 e. The first-order chi connectivity index (χ1) is 13.6. The lowest BCUT2D eigenvalue weighted by atomic mass is 10.0. The molecule has 0 spiro atoms. The Kier molecular flexibility index (Phi) is 16.0. The van der Waals surface area contributed by atoms with Crippen molar-refractivity contribution < 1.29 is 19.1 Å². The van der Waals surface area contributed by atoms with E-state index in [-0.39, 0.29) is 0 Å². The van der Waals surface area contributed by atoms with Crippen LogP contribution in [-0.4, -0.2) is 65.6 Å². The number of urea groups is 1. The third-order valence-electron chi connectivity index (χ3n) is 4.17. The Morgan fingerprint density at radius 3 is 1.96 bits per heavy atom. The zero-order valence-electron chi connectivity index (χ0n) is 16.8. The lowest BCUT2D eigenvalue weighted by molar-refractivity contribution is -0.136. The third kappa shape index (κ3) is 13.0. The number of ether oxygens (including phenoxy) is 1. The Bertz CT molecular complexity index is 446. The van der Waals surface area contributed by atoms with E-state index >= 15 is 0 Å². The molecule has 0 bridgehead atoms. The summed E-state index contributed by atoms with van der Waals surface area (Å²) < 4.78 is 5.49. The summed E-state index contributed by atoms with van der Waals surface area (Å²) in [5.41, 5.74) is 0. The second-order valence-electron chi connectivity index (χ2n) is 6.51. The molecule has 1 aliphatic heterocycles. The Morgan fingerprint density at radius 1 is 0.750 bits per heavy atom. The summed E-state index contributed by atoms with van der Waals surface area (Å²) in [6, 6.07) is -0.748. The van der Waals surface area contributed by atoms with Crippen LogP contribution in [0.15, 0.2) is 0 Å². The van der Waals surface area contributed by atoms with Crippen LogP contribution < -0.4 is 10.6 Å². The summed E-state index contributed by atoms with van der Waals surface area (Å²) in [5, 5.41) is 4.19. The molecular weight excluding hydrogens is 416 g/mol. The summed E-state index contributed by atoms with van der Waals surface area (Å²) >= 11 is 5.96. The lowest BCUT2D eigenvalue weighted by Gasteiger charge is -2.20. The predicted octanol–water partition coefficient (Wildman–Crippen LogP) is 3.55. The van der Waals surface area contributed by atoms with Gasteiger partial charge in [-0.15, -0.1) is 0 Å². The van der Waals surface area contributed by atoms with Gasteiger partial charge in [-0.05, 0) is 18.6 Å². The molecule has 6 nitrogen and oxygen atoms in total. The van der Waals surface area contributed by atoms with E-state index in [1.165, 1.54) is 49.4 Å². The van der Waals surface area contributed by atoms with Crippen LogP contribution >= 0.6 is 35.3 Å². The van der Waals surface area contributed by atoms with Crippen LogP contribution in [0.3, 0.4) is 0 Å². The summed E-state index contributed by atoms with van der Waals surface area (Å²) in [6.45, 7) is 3.20. The van der Waals surface area contributed by atoms with E-state index in [1.807, 2.05) is 23.5 Å². The van der Waals surface area contributed by atoms with Crippen LogP contribution in [0.5, 0.6) is 0 Å². The number of carbonyl (C=O) groups excluding carboxylic acids is 3. The van der Waals surface area contributed by atoms with Gasteiger partial charge in [0, 0.05) is 35.4 Å². The lowest BCUT2D eigenvalue weighted by Crippen LogP contribution is -2.55. The summed E-state index contributed by atoms with van der Waals surface area (Å²) in [4.78, 5) is 34.1. The van der Waals surface area contributed by atoms with Crippen molar-refractivity contribution in [1.29, 1.82) is 0 Å². The standard InChI is InChI=1S/C19H34N2O4S3/c1-2-3-4-5-6-10-26-12-14-28-15-13-27-11-9-25-8-7-16-17(22)20-19(24)21-18(16)23/h16H,2-15H2,1H3,(H2,20,21,22,23,24). The first-order valence-electron chi connectivity index (χ1n) is 10.1. The Morgan fingerprint density at radius 2 is 1.32 bits per heavy atom. The van der Waals surface area contributed by atoms with Crippen LogP contribution in [-0.2, 0) is 14.3 Å². The smallest absolute Gasteiger partial charge is 0.328 e. The second kappa shape index (κ2) is 17.5. The molecule has 0 aliphatic carbocycles. The molecule has 0 atom stereocenters. The number of rotatable bonds is 18. The quantitative estimate of drug-likeness (QED) is 0.244. The van der Waals surface area contributed by atoms with Crippen molar-refractivity contribution in [3.05, 3.63) is 0 Å². The van der Waals surface area contributed by atoms with E-state index in [1.54, 1.807) is 0 Å². The van der Waals surface area contributed by atoms with Crippen LogP contribution in [0.4, 0.5) is 4.79 Å². The maximum atomic E-state index is 11.6. The molecule has 1 aliphatic rings. The number of carbonyl (C=O) groups is 3. The maximum absolute atomic E-state index is 11.6. The highest BCUT2D eigenvalue weighted by Crippen LogP contribution is 2.13. The molecule has 1 fully saturated rings. The molecule has 28 heavy (non-hydrogen) atoms. The number of unbranched alkanes of at least 4 members (excludes halogenated alkanes) is 4. The van der Waals surface area contributed by atoms with Crippen LogP contribution in [0.1, 0.15) is 45.4 Å². The molecule has 1 rings (SSSR count). The predicted molar refractivity (Wildman–Crippen MR) is 121 cm³/mol. The Labute approximate surface area is 181 Å². The summed E-state index contributed by atoms with van der Waals surface area (Å²) in [7, 11) is 0. The van der Waals surface area contributed by atoms with Crippen molar-refractivity contribution in [3.63, 3.8) is 0 Å². The van der Waals surface area contributed by atoms with E-state index < -0.39 is 23.8 Å². The fourth-order valence-corrected chi connectivity index (χ4v) is 5.72. The van der Waals surface area contributed by atoms with Crippen molar-refractivity contribution in [3.8, 4) is 0 Å². The Balaban J connectivity index is 1.79. The highest BCUT2D eigenvalue weighted by Gasteiger charge is 2.33. The molecular formula is C19H34N2O4S3. The molecule has 4 amide bonds. The van der Waals surface area contributed by atoms with Gasteiger partial charge < -0.3 is 4.74 Å². The van der Waals surface area contributed by atoms with Gasteiger partial charge >= 0.3 is 6.03 Å². The molecule has 0 saturated carbocycles. The average molecular weight is 451 g/mol. The molecule has 162 valence electrons. The summed E-state index contributed by atoms with van der Waals surface area (Å²) in [6.07, 6.45) is 7.11. The monoisotopic (exact) mass is 450 g/mol. The van der Waals surface area contributed by atoms with E-state index in [2.05, 4.69) is 29.3 Å². The second-order valence-corrected chi connectivity index (χ2v) is 10.2. The van der Waals surface area contributed by atoms with Crippen molar-refractivity contribution in [2.75, 3.05) is 47.7 Å². The first kappa shape index (κ1) is 25.7. The molecule has 9 heteroatoms. The molecule has 1 heterocycles. The number of nitrogens with one attached hydrogen (secondary N) is 2. The fourth-order valence-electron chi connectivity index (χ4n) is 2.58. The van der Waals surface area contributed by atoms with Gasteiger partial charge in [-0.2, -0.15) is 35.3 Å². The van der Waals surface area contributed by atoms with Gasteiger partial charge in [0.15, 0.2) is 0 Å². The molecule has 0 aromatic heterocycles. The Hall–Kier alpha value is -0.380. The average Bonchev–Trinajstić information content (AvgIpc) is 2.66. The minimum atomic E-state index is -0.837. The van der Waals surface area contributed by atoms with Gasteiger partial charge in [-0.25, -0.2) is 4.79 Å². The molecule has 0 unspecified atom stereocenters. The highest BCUT2D eigenvalue weighted by atomic mass is 32.2. The third-order valence-corrected chi connectivity index (χ3v) is 7.69. The summed E-state index contributed by atoms with van der Waals surface area (Å²) in [5.74, 6) is 5.05. The minimum Gasteiger partial charge on any atom is -0.381 e. The van der Waals surface area contributed by atoms with E-state index in [4.69, 9.17) is 4.74 Å². The van der Waals surface area contributed by atoms with Gasteiger partial charge in [0.1, 0.15) is 5.92 Å². The van der Waals surface area contributed by atoms with Crippen molar-refractivity contribution in [2.24, 2.45) is 5.92 Å². The van der Waals surface area contributed by atoms with Crippen molar-refractivity contribution in [1.82, 2.24) is 10.6 Å². The van der Waals surface area contributed by atoms with Gasteiger partial charge in [0.2, 0.25) is 11.8 Å². The SMILES string of the molecule is CCCCCCCSCCSCCSCCOCCC1C(=O)NC(=O)NC1=O. The number of hydrogen-bond donors (Lipinski definition) is 2. The van der Waals surface area contributed by atoms with Crippen molar-refractivity contribution in [2.45, 2.75) is 45.4 Å². The van der Waals surface area contributed by atoms with Crippen molar-refractivity contribution >= 4 is 53.1 Å². The first-order valence-corrected chi connectivity index (χ1v) is 13.6. The fraction of sp³-hybridized carbons (Fsp3) is 0.842. The number of barbiturate groups is 1. The number of amides is 4. The number of hydrogen-bond acceptors (Lipinski definition) is 7. The minimum absolute atomic E-state index is 0.293. The van der Waals surface area contributed by atoms with Crippen LogP contribution in [0.2, 0.25) is 0 Å². The van der Waals surface area contributed by atoms with Gasteiger partial charge in [-0.3, -0.25) is 20.2 Å². The topological polar surface area (TPSA) is 84.5 Å². The van der Waals surface area contributed by atoms with E-state index in [0.29, 0.717) is 19.6 Å². The van der Waals surface area contributed by atoms with Crippen LogP contribution in [0, 0.1) is 5.92 Å². The van der Waals surface area contributed by atoms with Gasteiger partial charge in [0.05, 0.1) is 6.61 Å². The molecule has 0 aromatic carbocycles. The molecule has 1 saturated heterocycles. The molecule has 0 radical (unpaired) electrons. The zero-order valence-corrected chi connectivity index (χ0v) is 19.3. The normalized spacial score (nSPS) is 15.0. The van der Waals surface area contributed by atoms with E-state index in [0.717, 1.165) is 17.3 Å². The van der Waals surface area contributed by atoms with Crippen LogP contribution in [0.25, 0.3) is 0 Å². The molecule has 2 N–H and O–H groups in total. The molecule has 0 aromatic rings. The van der Waals surface area contributed by atoms with Gasteiger partial charge in [0.25, 0.3) is 0 Å². The van der Waals surface area contributed by atoms with Gasteiger partial charge in [-0.1, -0.05) is 32.6 Å².